The Labute approximate surface area is 104 Å². The lowest BCUT2D eigenvalue weighted by Crippen LogP contribution is -2.04. The van der Waals surface area contributed by atoms with Crippen molar-refractivity contribution in [1.29, 1.82) is 0 Å². The molecule has 4 nitrogen and oxygen atoms in total. The van der Waals surface area contributed by atoms with E-state index >= 15 is 0 Å². The molecule has 0 aromatic carbocycles. The number of esters is 1. The predicted molar refractivity (Wildman–Crippen MR) is 66.8 cm³/mol. The number of imidazole rings is 1. The minimum Gasteiger partial charge on any atom is -0.469 e. The van der Waals surface area contributed by atoms with Gasteiger partial charge in [0.25, 0.3) is 0 Å². The SMILES string of the molecule is COC(=O)CCCn1ccnc1-c1cccs1. The molecule has 5 heteroatoms. The maximum Gasteiger partial charge on any atom is 0.305 e. The molecule has 0 N–H and O–H groups in total. The van der Waals surface area contributed by atoms with Crippen molar-refractivity contribution in [3.05, 3.63) is 29.9 Å². The zero-order valence-electron chi connectivity index (χ0n) is 9.63. The van der Waals surface area contributed by atoms with E-state index in [0.717, 1.165) is 23.7 Å². The number of carbonyl (C=O) groups is 1. The zero-order chi connectivity index (χ0) is 12.1. The largest absolute Gasteiger partial charge is 0.469 e. The number of hydrogen-bond acceptors (Lipinski definition) is 4. The highest BCUT2D eigenvalue weighted by Crippen LogP contribution is 2.23. The second kappa shape index (κ2) is 5.63. The third kappa shape index (κ3) is 2.94. The van der Waals surface area contributed by atoms with Crippen LogP contribution in [0.25, 0.3) is 10.7 Å². The van der Waals surface area contributed by atoms with Crippen molar-refractivity contribution >= 4 is 17.3 Å². The molecule has 0 amide bonds. The van der Waals surface area contributed by atoms with E-state index in [1.807, 2.05) is 23.7 Å². The van der Waals surface area contributed by atoms with Crippen LogP contribution in [0.5, 0.6) is 0 Å². The monoisotopic (exact) mass is 250 g/mol. The highest BCUT2D eigenvalue weighted by atomic mass is 32.1. The molecule has 0 saturated carbocycles. The van der Waals surface area contributed by atoms with Crippen LogP contribution in [0.2, 0.25) is 0 Å². The first kappa shape index (κ1) is 11.9. The van der Waals surface area contributed by atoms with Gasteiger partial charge in [0.15, 0.2) is 0 Å². The Kier molecular flexibility index (Phi) is 3.93. The van der Waals surface area contributed by atoms with Gasteiger partial charge in [-0.25, -0.2) is 4.98 Å². The molecule has 2 rings (SSSR count). The number of ether oxygens (including phenoxy) is 1. The zero-order valence-corrected chi connectivity index (χ0v) is 10.4. The fourth-order valence-corrected chi connectivity index (χ4v) is 2.35. The fraction of sp³-hybridized carbons (Fsp3) is 0.333. The minimum absolute atomic E-state index is 0.164. The lowest BCUT2D eigenvalue weighted by atomic mass is 10.3. The summed E-state index contributed by atoms with van der Waals surface area (Å²) in [6, 6.07) is 4.05. The van der Waals surface area contributed by atoms with Crippen molar-refractivity contribution in [2.45, 2.75) is 19.4 Å². The number of hydrogen-bond donors (Lipinski definition) is 0. The normalized spacial score (nSPS) is 10.4. The molecule has 0 aliphatic rings. The van der Waals surface area contributed by atoms with E-state index in [1.165, 1.54) is 7.11 Å². The van der Waals surface area contributed by atoms with Crippen LogP contribution in [-0.4, -0.2) is 22.6 Å². The van der Waals surface area contributed by atoms with Crippen molar-refractivity contribution in [2.24, 2.45) is 0 Å². The van der Waals surface area contributed by atoms with Gasteiger partial charge in [-0.3, -0.25) is 4.79 Å². The number of rotatable bonds is 5. The van der Waals surface area contributed by atoms with Gasteiger partial charge in [-0.1, -0.05) is 6.07 Å². The summed E-state index contributed by atoms with van der Waals surface area (Å²) in [4.78, 5) is 16.5. The highest BCUT2D eigenvalue weighted by Gasteiger charge is 2.07. The van der Waals surface area contributed by atoms with Crippen molar-refractivity contribution in [2.75, 3.05) is 7.11 Å². The van der Waals surface area contributed by atoms with Crippen LogP contribution < -0.4 is 0 Å². The van der Waals surface area contributed by atoms with E-state index in [4.69, 9.17) is 0 Å². The van der Waals surface area contributed by atoms with E-state index in [9.17, 15) is 4.79 Å². The van der Waals surface area contributed by atoms with Crippen LogP contribution >= 0.6 is 11.3 Å². The molecule has 0 fully saturated rings. The van der Waals surface area contributed by atoms with Gasteiger partial charge in [0.1, 0.15) is 5.82 Å². The molecule has 0 radical (unpaired) electrons. The minimum atomic E-state index is -0.164. The van der Waals surface area contributed by atoms with Gasteiger partial charge in [0.05, 0.1) is 12.0 Å². The van der Waals surface area contributed by atoms with Crippen molar-refractivity contribution < 1.29 is 9.53 Å². The second-order valence-corrected chi connectivity index (χ2v) is 4.55. The quantitative estimate of drug-likeness (QED) is 0.766. The molecule has 0 unspecified atom stereocenters. The lowest BCUT2D eigenvalue weighted by Gasteiger charge is -2.05. The molecule has 90 valence electrons. The molecule has 2 heterocycles. The molecule has 0 aliphatic heterocycles. The number of aromatic nitrogens is 2. The van der Waals surface area contributed by atoms with Gasteiger partial charge in [-0.15, -0.1) is 11.3 Å². The Hall–Kier alpha value is -1.62. The molecule has 0 bridgehead atoms. The molecular weight excluding hydrogens is 236 g/mol. The number of aryl methyl sites for hydroxylation is 1. The third-order valence-electron chi connectivity index (χ3n) is 2.46. The van der Waals surface area contributed by atoms with E-state index in [-0.39, 0.29) is 5.97 Å². The summed E-state index contributed by atoms with van der Waals surface area (Å²) in [5, 5.41) is 2.03. The van der Waals surface area contributed by atoms with Crippen LogP contribution in [-0.2, 0) is 16.1 Å². The number of nitrogens with zero attached hydrogens (tertiary/aromatic N) is 2. The maximum absolute atomic E-state index is 11.0. The van der Waals surface area contributed by atoms with E-state index in [1.54, 1.807) is 17.5 Å². The fourth-order valence-electron chi connectivity index (χ4n) is 1.62. The standard InChI is InChI=1S/C12H14N2O2S/c1-16-11(15)5-2-7-14-8-6-13-12(14)10-4-3-9-17-10/h3-4,6,8-9H,2,5,7H2,1H3. The van der Waals surface area contributed by atoms with Gasteiger partial charge < -0.3 is 9.30 Å². The van der Waals surface area contributed by atoms with Crippen molar-refractivity contribution in [1.82, 2.24) is 9.55 Å². The summed E-state index contributed by atoms with van der Waals surface area (Å²) in [5.74, 6) is 0.799. The molecule has 2 aromatic heterocycles. The number of methoxy groups -OCH3 is 1. The smallest absolute Gasteiger partial charge is 0.305 e. The first-order valence-electron chi connectivity index (χ1n) is 5.43. The van der Waals surface area contributed by atoms with Crippen LogP contribution in [0.1, 0.15) is 12.8 Å². The lowest BCUT2D eigenvalue weighted by molar-refractivity contribution is -0.140. The van der Waals surface area contributed by atoms with Crippen LogP contribution in [0, 0.1) is 0 Å². The van der Waals surface area contributed by atoms with Crippen molar-refractivity contribution in [3.63, 3.8) is 0 Å². The summed E-state index contributed by atoms with van der Waals surface area (Å²) >= 11 is 1.66. The highest BCUT2D eigenvalue weighted by molar-refractivity contribution is 7.13. The number of thiophene rings is 1. The van der Waals surface area contributed by atoms with Crippen molar-refractivity contribution in [3.8, 4) is 10.7 Å². The predicted octanol–water partition coefficient (Wildman–Crippen LogP) is 2.56. The van der Waals surface area contributed by atoms with E-state index in [2.05, 4.69) is 14.3 Å². The van der Waals surface area contributed by atoms with Crippen LogP contribution in [0.4, 0.5) is 0 Å². The maximum atomic E-state index is 11.0. The molecule has 0 aliphatic carbocycles. The van der Waals surface area contributed by atoms with Gasteiger partial charge in [0.2, 0.25) is 0 Å². The summed E-state index contributed by atoms with van der Waals surface area (Å²) in [7, 11) is 1.41. The van der Waals surface area contributed by atoms with Gasteiger partial charge in [-0.05, 0) is 17.9 Å². The molecule has 0 spiro atoms. The molecule has 0 atom stereocenters. The second-order valence-electron chi connectivity index (χ2n) is 3.60. The topological polar surface area (TPSA) is 44.1 Å². The van der Waals surface area contributed by atoms with Gasteiger partial charge >= 0.3 is 5.97 Å². The summed E-state index contributed by atoms with van der Waals surface area (Å²) in [6.07, 6.45) is 4.93. The Balaban J connectivity index is 1.98. The molecular formula is C12H14N2O2S. The van der Waals surface area contributed by atoms with Gasteiger partial charge in [-0.2, -0.15) is 0 Å². The first-order chi connectivity index (χ1) is 8.31. The van der Waals surface area contributed by atoms with Crippen LogP contribution in [0.15, 0.2) is 29.9 Å². The van der Waals surface area contributed by atoms with E-state index in [0.29, 0.717) is 6.42 Å². The average Bonchev–Trinajstić information content (AvgIpc) is 2.98. The Morgan fingerprint density at radius 2 is 2.47 bits per heavy atom. The third-order valence-corrected chi connectivity index (χ3v) is 3.33. The Morgan fingerprint density at radius 3 is 3.18 bits per heavy atom. The molecule has 17 heavy (non-hydrogen) atoms. The molecule has 2 aromatic rings. The summed E-state index contributed by atoms with van der Waals surface area (Å²) in [5.41, 5.74) is 0. The Morgan fingerprint density at radius 1 is 1.59 bits per heavy atom. The molecule has 0 saturated heterocycles. The van der Waals surface area contributed by atoms with Crippen LogP contribution in [0.3, 0.4) is 0 Å². The number of carbonyl (C=O) groups excluding carboxylic acids is 1. The average molecular weight is 250 g/mol. The Bertz CT molecular complexity index is 476. The van der Waals surface area contributed by atoms with E-state index < -0.39 is 0 Å². The summed E-state index contributed by atoms with van der Waals surface area (Å²) in [6.45, 7) is 0.780. The van der Waals surface area contributed by atoms with Gasteiger partial charge in [0, 0.05) is 25.4 Å². The summed E-state index contributed by atoms with van der Waals surface area (Å²) < 4.78 is 6.67. The first-order valence-corrected chi connectivity index (χ1v) is 6.31.